The quantitative estimate of drug-likeness (QED) is 0.909. The topological polar surface area (TPSA) is 26.7 Å². The zero-order valence-electron chi connectivity index (χ0n) is 12.0. The highest BCUT2D eigenvalue weighted by Crippen LogP contribution is 2.30. The van der Waals surface area contributed by atoms with Crippen LogP contribution < -0.4 is 4.90 Å². The molecule has 19 heavy (non-hydrogen) atoms. The Balaban J connectivity index is 2.26. The predicted molar refractivity (Wildman–Crippen MR) is 76.1 cm³/mol. The van der Waals surface area contributed by atoms with E-state index in [1.807, 2.05) is 6.07 Å². The average molecular weight is 266 g/mol. The molecule has 106 valence electrons. The predicted octanol–water partition coefficient (Wildman–Crippen LogP) is 2.33. The van der Waals surface area contributed by atoms with E-state index >= 15 is 0 Å². The zero-order chi connectivity index (χ0) is 14.0. The summed E-state index contributed by atoms with van der Waals surface area (Å²) in [7, 11) is 0. The SMILES string of the molecule is CCN1CCN(c2cc(C)c(F)cc2[C@@H](C)O)CC1. The molecule has 1 heterocycles. The summed E-state index contributed by atoms with van der Waals surface area (Å²) in [6, 6.07) is 3.33. The first-order chi connectivity index (χ1) is 9.02. The lowest BCUT2D eigenvalue weighted by Crippen LogP contribution is -2.46. The van der Waals surface area contributed by atoms with E-state index in [4.69, 9.17) is 0 Å². The Hall–Kier alpha value is -1.13. The summed E-state index contributed by atoms with van der Waals surface area (Å²) in [5, 5.41) is 9.84. The Morgan fingerprint density at radius 3 is 2.42 bits per heavy atom. The second kappa shape index (κ2) is 5.88. The van der Waals surface area contributed by atoms with Gasteiger partial charge in [-0.25, -0.2) is 4.39 Å². The normalized spacial score (nSPS) is 18.7. The number of aliphatic hydroxyl groups is 1. The van der Waals surface area contributed by atoms with Crippen LogP contribution >= 0.6 is 0 Å². The van der Waals surface area contributed by atoms with Crippen LogP contribution in [0.15, 0.2) is 12.1 Å². The van der Waals surface area contributed by atoms with Crippen molar-refractivity contribution in [1.82, 2.24) is 4.90 Å². The number of anilines is 1. The maximum atomic E-state index is 13.7. The van der Waals surface area contributed by atoms with E-state index in [0.29, 0.717) is 11.1 Å². The molecule has 2 rings (SSSR count). The standard InChI is InChI=1S/C15H23FN2O/c1-4-17-5-7-18(8-6-17)15-9-11(2)14(16)10-13(15)12(3)19/h9-10,12,19H,4-8H2,1-3H3/t12-/m1/s1. The molecule has 0 unspecified atom stereocenters. The Morgan fingerprint density at radius 1 is 1.26 bits per heavy atom. The van der Waals surface area contributed by atoms with E-state index in [9.17, 15) is 9.50 Å². The van der Waals surface area contributed by atoms with Crippen LogP contribution in [0.5, 0.6) is 0 Å². The molecule has 3 nitrogen and oxygen atoms in total. The van der Waals surface area contributed by atoms with Crippen LogP contribution in [0.1, 0.15) is 31.1 Å². The smallest absolute Gasteiger partial charge is 0.126 e. The molecule has 1 aliphatic heterocycles. The summed E-state index contributed by atoms with van der Waals surface area (Å²) in [6.07, 6.45) is -0.644. The van der Waals surface area contributed by atoms with Crippen LogP contribution in [0.3, 0.4) is 0 Å². The second-order valence-electron chi connectivity index (χ2n) is 5.26. The lowest BCUT2D eigenvalue weighted by atomic mass is 10.0. The van der Waals surface area contributed by atoms with Gasteiger partial charge >= 0.3 is 0 Å². The molecule has 0 radical (unpaired) electrons. The van der Waals surface area contributed by atoms with Crippen molar-refractivity contribution in [2.24, 2.45) is 0 Å². The maximum Gasteiger partial charge on any atom is 0.126 e. The number of benzene rings is 1. The molecule has 1 saturated heterocycles. The van der Waals surface area contributed by atoms with Crippen molar-refractivity contribution in [1.29, 1.82) is 0 Å². The molecule has 1 aromatic carbocycles. The average Bonchev–Trinajstić information content (AvgIpc) is 2.41. The first-order valence-electron chi connectivity index (χ1n) is 6.98. The number of aryl methyl sites for hydroxylation is 1. The van der Waals surface area contributed by atoms with Gasteiger partial charge in [-0.2, -0.15) is 0 Å². The van der Waals surface area contributed by atoms with E-state index in [0.717, 1.165) is 38.4 Å². The van der Waals surface area contributed by atoms with Gasteiger partial charge in [0.2, 0.25) is 0 Å². The summed E-state index contributed by atoms with van der Waals surface area (Å²) in [6.45, 7) is 10.6. The fraction of sp³-hybridized carbons (Fsp3) is 0.600. The fourth-order valence-corrected chi connectivity index (χ4v) is 2.60. The van der Waals surface area contributed by atoms with Crippen molar-refractivity contribution < 1.29 is 9.50 Å². The van der Waals surface area contributed by atoms with Gasteiger partial charge < -0.3 is 14.9 Å². The van der Waals surface area contributed by atoms with Gasteiger partial charge in [-0.05, 0) is 38.1 Å². The number of nitrogens with zero attached hydrogens (tertiary/aromatic N) is 2. The summed E-state index contributed by atoms with van der Waals surface area (Å²) in [5.41, 5.74) is 2.30. The lowest BCUT2D eigenvalue weighted by Gasteiger charge is -2.37. The van der Waals surface area contributed by atoms with Crippen LogP contribution in [0.4, 0.5) is 10.1 Å². The maximum absolute atomic E-state index is 13.7. The molecule has 0 aliphatic carbocycles. The highest BCUT2D eigenvalue weighted by molar-refractivity contribution is 5.57. The minimum absolute atomic E-state index is 0.244. The van der Waals surface area contributed by atoms with Gasteiger partial charge in [0.05, 0.1) is 6.10 Å². The van der Waals surface area contributed by atoms with E-state index in [2.05, 4.69) is 16.7 Å². The van der Waals surface area contributed by atoms with Gasteiger partial charge in [0, 0.05) is 37.4 Å². The minimum Gasteiger partial charge on any atom is -0.389 e. The summed E-state index contributed by atoms with van der Waals surface area (Å²) < 4.78 is 13.7. The third-order valence-electron chi connectivity index (χ3n) is 3.92. The molecule has 0 amide bonds. The molecule has 0 saturated carbocycles. The van der Waals surface area contributed by atoms with Gasteiger partial charge in [-0.15, -0.1) is 0 Å². The van der Waals surface area contributed by atoms with E-state index in [1.54, 1.807) is 13.8 Å². The van der Waals surface area contributed by atoms with Crippen LogP contribution in [-0.2, 0) is 0 Å². The first-order valence-corrected chi connectivity index (χ1v) is 6.98. The number of rotatable bonds is 3. The van der Waals surface area contributed by atoms with Gasteiger partial charge in [0.25, 0.3) is 0 Å². The number of halogens is 1. The number of piperazine rings is 1. The molecule has 1 fully saturated rings. The number of hydrogen-bond donors (Lipinski definition) is 1. The second-order valence-corrected chi connectivity index (χ2v) is 5.26. The van der Waals surface area contributed by atoms with Crippen molar-refractivity contribution in [3.8, 4) is 0 Å². The van der Waals surface area contributed by atoms with Gasteiger partial charge in [-0.3, -0.25) is 0 Å². The lowest BCUT2D eigenvalue weighted by molar-refractivity contribution is 0.198. The molecule has 1 aliphatic rings. The van der Waals surface area contributed by atoms with E-state index in [1.165, 1.54) is 6.07 Å². The van der Waals surface area contributed by atoms with Crippen molar-refractivity contribution >= 4 is 5.69 Å². The minimum atomic E-state index is -0.644. The van der Waals surface area contributed by atoms with E-state index < -0.39 is 6.10 Å². The van der Waals surface area contributed by atoms with Crippen LogP contribution in [0.2, 0.25) is 0 Å². The van der Waals surface area contributed by atoms with Crippen LogP contribution in [0.25, 0.3) is 0 Å². The molecular formula is C15H23FN2O. The van der Waals surface area contributed by atoms with Crippen molar-refractivity contribution in [3.05, 3.63) is 29.1 Å². The monoisotopic (exact) mass is 266 g/mol. The molecule has 0 aromatic heterocycles. The molecule has 0 bridgehead atoms. The highest BCUT2D eigenvalue weighted by atomic mass is 19.1. The van der Waals surface area contributed by atoms with E-state index in [-0.39, 0.29) is 5.82 Å². The zero-order valence-corrected chi connectivity index (χ0v) is 12.0. The molecule has 1 aromatic rings. The van der Waals surface area contributed by atoms with Gasteiger partial charge in [-0.1, -0.05) is 6.92 Å². The number of aliphatic hydroxyl groups excluding tert-OH is 1. The summed E-state index contributed by atoms with van der Waals surface area (Å²) in [5.74, 6) is -0.244. The molecule has 1 N–H and O–H groups in total. The molecule has 1 atom stereocenters. The van der Waals surface area contributed by atoms with Crippen molar-refractivity contribution in [2.75, 3.05) is 37.6 Å². The molecular weight excluding hydrogens is 243 g/mol. The molecule has 0 spiro atoms. The van der Waals surface area contributed by atoms with Gasteiger partial charge in [0.1, 0.15) is 5.82 Å². The Bertz CT molecular complexity index is 440. The van der Waals surface area contributed by atoms with Crippen LogP contribution in [-0.4, -0.2) is 42.7 Å². The van der Waals surface area contributed by atoms with Crippen molar-refractivity contribution in [3.63, 3.8) is 0 Å². The fourth-order valence-electron chi connectivity index (χ4n) is 2.60. The molecule has 4 heteroatoms. The van der Waals surface area contributed by atoms with Crippen molar-refractivity contribution in [2.45, 2.75) is 26.9 Å². The number of likely N-dealkylation sites (N-methyl/N-ethyl adjacent to an activating group) is 1. The highest BCUT2D eigenvalue weighted by Gasteiger charge is 2.21. The largest absolute Gasteiger partial charge is 0.389 e. The third kappa shape index (κ3) is 3.07. The third-order valence-corrected chi connectivity index (χ3v) is 3.92. The first kappa shape index (κ1) is 14.3. The Kier molecular flexibility index (Phi) is 4.42. The number of hydrogen-bond acceptors (Lipinski definition) is 3. The summed E-state index contributed by atoms with van der Waals surface area (Å²) >= 11 is 0. The van der Waals surface area contributed by atoms with Gasteiger partial charge in [0.15, 0.2) is 0 Å². The van der Waals surface area contributed by atoms with Crippen LogP contribution in [0, 0.1) is 12.7 Å². The Morgan fingerprint density at radius 2 is 1.89 bits per heavy atom. The Labute approximate surface area is 114 Å². The summed E-state index contributed by atoms with van der Waals surface area (Å²) in [4.78, 5) is 4.65.